The second kappa shape index (κ2) is 10.6. The van der Waals surface area contributed by atoms with Crippen molar-refractivity contribution in [2.75, 3.05) is 18.1 Å². The van der Waals surface area contributed by atoms with E-state index >= 15 is 0 Å². The number of amides is 1. The van der Waals surface area contributed by atoms with E-state index in [0.717, 1.165) is 53.2 Å². The number of unbranched alkanes of at least 4 members (excludes halogenated alkanes) is 1. The van der Waals surface area contributed by atoms with Crippen LogP contribution in [0.15, 0.2) is 72.8 Å². The third-order valence-corrected chi connectivity index (χ3v) is 7.06. The molecule has 1 aromatic heterocycles. The molecule has 0 spiro atoms. The summed E-state index contributed by atoms with van der Waals surface area (Å²) >= 11 is 0. The molecule has 3 aromatic carbocycles. The van der Waals surface area contributed by atoms with E-state index in [0.29, 0.717) is 25.5 Å². The molecule has 4 aromatic rings. The Labute approximate surface area is 213 Å². The van der Waals surface area contributed by atoms with Gasteiger partial charge in [-0.2, -0.15) is 0 Å². The molecule has 1 amide bonds. The topological polar surface area (TPSA) is 47.4 Å². The molecule has 5 nitrogen and oxygen atoms in total. The SMILES string of the molecule is Cc1cccc(N2CC(c3nc4ccccc4n3CCCCOc3ccccc3C(C)C)CC2=O)c1. The van der Waals surface area contributed by atoms with Crippen LogP contribution >= 0.6 is 0 Å². The van der Waals surface area contributed by atoms with E-state index in [1.54, 1.807) is 0 Å². The predicted octanol–water partition coefficient (Wildman–Crippen LogP) is 6.85. The summed E-state index contributed by atoms with van der Waals surface area (Å²) in [7, 11) is 0. The number of aryl methyl sites for hydroxylation is 2. The average Bonchev–Trinajstić information content (AvgIpc) is 3.44. The number of anilines is 1. The Morgan fingerprint density at radius 1 is 1.00 bits per heavy atom. The van der Waals surface area contributed by atoms with Gasteiger partial charge in [-0.25, -0.2) is 4.98 Å². The van der Waals surface area contributed by atoms with Crippen LogP contribution in [-0.2, 0) is 11.3 Å². The molecule has 1 aliphatic rings. The number of para-hydroxylation sites is 3. The number of benzene rings is 3. The summed E-state index contributed by atoms with van der Waals surface area (Å²) in [6.45, 7) is 8.67. The number of nitrogens with zero attached hydrogens (tertiary/aromatic N) is 3. The normalized spacial score (nSPS) is 15.8. The zero-order valence-corrected chi connectivity index (χ0v) is 21.5. The lowest BCUT2D eigenvalue weighted by Gasteiger charge is -2.18. The number of hydrogen-bond donors (Lipinski definition) is 0. The lowest BCUT2D eigenvalue weighted by Crippen LogP contribution is -2.24. The second-order valence-corrected chi connectivity index (χ2v) is 10.1. The van der Waals surface area contributed by atoms with Gasteiger partial charge >= 0.3 is 0 Å². The van der Waals surface area contributed by atoms with Gasteiger partial charge in [0.05, 0.1) is 17.6 Å². The Kier molecular flexibility index (Phi) is 7.08. The number of rotatable bonds is 9. The molecular formula is C31H35N3O2. The van der Waals surface area contributed by atoms with Crippen molar-refractivity contribution in [1.29, 1.82) is 0 Å². The molecule has 36 heavy (non-hydrogen) atoms. The van der Waals surface area contributed by atoms with E-state index in [1.165, 1.54) is 5.56 Å². The Hall–Kier alpha value is -3.60. The standard InChI is InChI=1S/C31H35N3O2/c1-22(2)26-13-4-7-16-29(26)36-18-9-8-17-33-28-15-6-5-14-27(28)32-31(33)24-20-30(35)34(21-24)25-12-10-11-23(3)19-25/h4-7,10-16,19,22,24H,8-9,17-18,20-21H2,1-3H3. The van der Waals surface area contributed by atoms with Crippen molar-refractivity contribution in [3.8, 4) is 5.75 Å². The average molecular weight is 482 g/mol. The van der Waals surface area contributed by atoms with Gasteiger partial charge in [0, 0.05) is 31.1 Å². The molecule has 0 bridgehead atoms. The summed E-state index contributed by atoms with van der Waals surface area (Å²) in [5.74, 6) is 2.70. The van der Waals surface area contributed by atoms with Gasteiger partial charge in [0.25, 0.3) is 0 Å². The molecule has 1 fully saturated rings. The number of aromatic nitrogens is 2. The molecule has 1 saturated heterocycles. The molecule has 0 aliphatic carbocycles. The number of ether oxygens (including phenoxy) is 1. The summed E-state index contributed by atoms with van der Waals surface area (Å²) in [6, 6.07) is 24.8. The number of fused-ring (bicyclic) bond motifs is 1. The highest BCUT2D eigenvalue weighted by molar-refractivity contribution is 5.96. The fraction of sp³-hybridized carbons (Fsp3) is 0.355. The first kappa shape index (κ1) is 24.1. The molecule has 1 unspecified atom stereocenters. The monoisotopic (exact) mass is 481 g/mol. The number of carbonyl (C=O) groups excluding carboxylic acids is 1. The first-order valence-electron chi connectivity index (χ1n) is 13.0. The van der Waals surface area contributed by atoms with Gasteiger partial charge in [-0.15, -0.1) is 0 Å². The second-order valence-electron chi connectivity index (χ2n) is 10.1. The van der Waals surface area contributed by atoms with Crippen molar-refractivity contribution in [3.63, 3.8) is 0 Å². The smallest absolute Gasteiger partial charge is 0.227 e. The molecule has 0 radical (unpaired) electrons. The van der Waals surface area contributed by atoms with E-state index in [1.807, 2.05) is 29.2 Å². The summed E-state index contributed by atoms with van der Waals surface area (Å²) in [6.07, 6.45) is 2.43. The summed E-state index contributed by atoms with van der Waals surface area (Å²) < 4.78 is 8.47. The first-order chi connectivity index (χ1) is 17.5. The highest BCUT2D eigenvalue weighted by Gasteiger charge is 2.34. The highest BCUT2D eigenvalue weighted by atomic mass is 16.5. The fourth-order valence-electron chi connectivity index (χ4n) is 5.21. The van der Waals surface area contributed by atoms with Crippen LogP contribution in [0.1, 0.15) is 61.9 Å². The van der Waals surface area contributed by atoms with E-state index in [2.05, 4.69) is 73.9 Å². The molecule has 186 valence electrons. The Morgan fingerprint density at radius 2 is 1.81 bits per heavy atom. The van der Waals surface area contributed by atoms with Crippen LogP contribution in [-0.4, -0.2) is 28.6 Å². The maximum atomic E-state index is 13.0. The van der Waals surface area contributed by atoms with Crippen molar-refractivity contribution in [2.45, 2.75) is 58.4 Å². The van der Waals surface area contributed by atoms with Crippen molar-refractivity contribution in [2.24, 2.45) is 0 Å². The van der Waals surface area contributed by atoms with E-state index in [-0.39, 0.29) is 11.8 Å². The van der Waals surface area contributed by atoms with Crippen LogP contribution in [0.25, 0.3) is 11.0 Å². The van der Waals surface area contributed by atoms with Gasteiger partial charge in [0.15, 0.2) is 0 Å². The van der Waals surface area contributed by atoms with E-state index in [9.17, 15) is 4.79 Å². The minimum Gasteiger partial charge on any atom is -0.493 e. The Bertz CT molecular complexity index is 1360. The zero-order valence-electron chi connectivity index (χ0n) is 21.5. The van der Waals surface area contributed by atoms with Gasteiger partial charge in [0.1, 0.15) is 11.6 Å². The van der Waals surface area contributed by atoms with Gasteiger partial charge < -0.3 is 14.2 Å². The molecule has 1 atom stereocenters. The maximum absolute atomic E-state index is 13.0. The van der Waals surface area contributed by atoms with Crippen molar-refractivity contribution in [1.82, 2.24) is 9.55 Å². The quantitative estimate of drug-likeness (QED) is 0.246. The fourth-order valence-corrected chi connectivity index (χ4v) is 5.21. The highest BCUT2D eigenvalue weighted by Crippen LogP contribution is 2.34. The van der Waals surface area contributed by atoms with Gasteiger partial charge in [-0.3, -0.25) is 4.79 Å². The van der Waals surface area contributed by atoms with Crippen molar-refractivity contribution < 1.29 is 9.53 Å². The lowest BCUT2D eigenvalue weighted by atomic mass is 10.0. The van der Waals surface area contributed by atoms with Crippen LogP contribution in [0.3, 0.4) is 0 Å². The van der Waals surface area contributed by atoms with Crippen LogP contribution in [0.4, 0.5) is 5.69 Å². The van der Waals surface area contributed by atoms with Crippen molar-refractivity contribution in [3.05, 3.63) is 89.7 Å². The summed E-state index contributed by atoms with van der Waals surface area (Å²) in [4.78, 5) is 19.9. The zero-order chi connectivity index (χ0) is 25.1. The van der Waals surface area contributed by atoms with Gasteiger partial charge in [-0.1, -0.05) is 56.3 Å². The third-order valence-electron chi connectivity index (χ3n) is 7.06. The van der Waals surface area contributed by atoms with Crippen LogP contribution in [0.2, 0.25) is 0 Å². The number of hydrogen-bond acceptors (Lipinski definition) is 3. The summed E-state index contributed by atoms with van der Waals surface area (Å²) in [5.41, 5.74) is 5.53. The van der Waals surface area contributed by atoms with E-state index < -0.39 is 0 Å². The molecule has 5 rings (SSSR count). The number of imidazole rings is 1. The minimum absolute atomic E-state index is 0.0829. The molecule has 0 N–H and O–H groups in total. The maximum Gasteiger partial charge on any atom is 0.227 e. The Balaban J connectivity index is 1.29. The minimum atomic E-state index is 0.0829. The molecule has 5 heteroatoms. The molecule has 1 aliphatic heterocycles. The van der Waals surface area contributed by atoms with Crippen molar-refractivity contribution >= 4 is 22.6 Å². The Morgan fingerprint density at radius 3 is 2.64 bits per heavy atom. The number of carbonyl (C=O) groups is 1. The van der Waals surface area contributed by atoms with Crippen LogP contribution in [0, 0.1) is 6.92 Å². The lowest BCUT2D eigenvalue weighted by molar-refractivity contribution is -0.117. The van der Waals surface area contributed by atoms with Crippen LogP contribution in [0.5, 0.6) is 5.75 Å². The molecular weight excluding hydrogens is 446 g/mol. The summed E-state index contributed by atoms with van der Waals surface area (Å²) in [5, 5.41) is 0. The predicted molar refractivity (Wildman–Crippen MR) is 146 cm³/mol. The van der Waals surface area contributed by atoms with Crippen LogP contribution < -0.4 is 9.64 Å². The van der Waals surface area contributed by atoms with Gasteiger partial charge in [0.2, 0.25) is 5.91 Å². The third kappa shape index (κ3) is 5.01. The molecule has 2 heterocycles. The molecule has 0 saturated carbocycles. The van der Waals surface area contributed by atoms with Gasteiger partial charge in [-0.05, 0) is 67.1 Å². The first-order valence-corrected chi connectivity index (χ1v) is 13.0. The largest absolute Gasteiger partial charge is 0.493 e. The van der Waals surface area contributed by atoms with E-state index in [4.69, 9.17) is 9.72 Å².